The van der Waals surface area contributed by atoms with E-state index in [1.165, 1.54) is 6.26 Å². The standard InChI is InChI=1S/C17H19N5O3/c1-12-4-7-18-16(11-12)22-15(5-8-19-22)21-17(24)20-13(6-9-23)14-3-2-10-25-14/h2-5,7-8,10-11,13,23H,6,9H2,1H3,(H2,20,21,24). The van der Waals surface area contributed by atoms with Gasteiger partial charge in [0.05, 0.1) is 18.5 Å². The van der Waals surface area contributed by atoms with Crippen molar-refractivity contribution in [3.63, 3.8) is 0 Å². The van der Waals surface area contributed by atoms with Gasteiger partial charge in [0.1, 0.15) is 11.6 Å². The van der Waals surface area contributed by atoms with Gasteiger partial charge in [0.25, 0.3) is 0 Å². The van der Waals surface area contributed by atoms with Crippen LogP contribution in [0.25, 0.3) is 5.82 Å². The molecule has 0 fully saturated rings. The molecule has 0 radical (unpaired) electrons. The molecule has 3 aromatic rings. The van der Waals surface area contributed by atoms with Gasteiger partial charge in [-0.2, -0.15) is 9.78 Å². The van der Waals surface area contributed by atoms with E-state index in [1.807, 2.05) is 19.1 Å². The first-order chi connectivity index (χ1) is 12.2. The monoisotopic (exact) mass is 341 g/mol. The molecule has 3 rings (SSSR count). The highest BCUT2D eigenvalue weighted by Gasteiger charge is 2.18. The molecule has 0 aliphatic rings. The summed E-state index contributed by atoms with van der Waals surface area (Å²) in [6.45, 7) is 1.88. The van der Waals surface area contributed by atoms with Crippen molar-refractivity contribution in [1.82, 2.24) is 20.1 Å². The van der Waals surface area contributed by atoms with Gasteiger partial charge in [-0.3, -0.25) is 5.32 Å². The molecule has 0 bridgehead atoms. The lowest BCUT2D eigenvalue weighted by atomic mass is 10.1. The number of aliphatic hydroxyl groups excluding tert-OH is 1. The third kappa shape index (κ3) is 4.04. The van der Waals surface area contributed by atoms with Crippen LogP contribution in [0.3, 0.4) is 0 Å². The Morgan fingerprint density at radius 2 is 2.24 bits per heavy atom. The number of aliphatic hydroxyl groups is 1. The summed E-state index contributed by atoms with van der Waals surface area (Å²) in [5.41, 5.74) is 1.04. The minimum atomic E-state index is -0.427. The van der Waals surface area contributed by atoms with Crippen LogP contribution in [0.4, 0.5) is 10.6 Å². The second kappa shape index (κ2) is 7.63. The molecule has 3 N–H and O–H groups in total. The molecule has 130 valence electrons. The van der Waals surface area contributed by atoms with E-state index in [-0.39, 0.29) is 6.61 Å². The number of nitrogens with one attached hydrogen (secondary N) is 2. The maximum atomic E-state index is 12.3. The van der Waals surface area contributed by atoms with E-state index in [0.29, 0.717) is 23.8 Å². The maximum absolute atomic E-state index is 12.3. The van der Waals surface area contributed by atoms with Crippen LogP contribution >= 0.6 is 0 Å². The molecular weight excluding hydrogens is 322 g/mol. The number of amides is 2. The number of carbonyl (C=O) groups is 1. The second-order valence-corrected chi connectivity index (χ2v) is 5.50. The Morgan fingerprint density at radius 1 is 1.36 bits per heavy atom. The summed E-state index contributed by atoms with van der Waals surface area (Å²) >= 11 is 0. The van der Waals surface area contributed by atoms with Gasteiger partial charge in [-0.05, 0) is 43.2 Å². The zero-order chi connectivity index (χ0) is 17.6. The number of nitrogens with zero attached hydrogens (tertiary/aromatic N) is 3. The molecule has 3 aromatic heterocycles. The summed E-state index contributed by atoms with van der Waals surface area (Å²) in [5, 5.41) is 18.9. The lowest BCUT2D eigenvalue weighted by Gasteiger charge is -2.16. The molecule has 0 aliphatic heterocycles. The zero-order valence-corrected chi connectivity index (χ0v) is 13.7. The molecule has 0 spiro atoms. The molecule has 0 aliphatic carbocycles. The predicted octanol–water partition coefficient (Wildman–Crippen LogP) is 2.41. The first kappa shape index (κ1) is 16.7. The lowest BCUT2D eigenvalue weighted by molar-refractivity contribution is 0.233. The van der Waals surface area contributed by atoms with E-state index in [9.17, 15) is 9.90 Å². The number of furan rings is 1. The maximum Gasteiger partial charge on any atom is 0.321 e. The van der Waals surface area contributed by atoms with Crippen LogP contribution in [0, 0.1) is 6.92 Å². The van der Waals surface area contributed by atoms with Crippen molar-refractivity contribution in [1.29, 1.82) is 0 Å². The van der Waals surface area contributed by atoms with Gasteiger partial charge < -0.3 is 14.8 Å². The van der Waals surface area contributed by atoms with Crippen molar-refractivity contribution in [2.45, 2.75) is 19.4 Å². The molecule has 1 atom stereocenters. The average molecular weight is 341 g/mol. The van der Waals surface area contributed by atoms with Crippen molar-refractivity contribution < 1.29 is 14.3 Å². The summed E-state index contributed by atoms with van der Waals surface area (Å²) in [5.74, 6) is 1.68. The number of anilines is 1. The third-order valence-corrected chi connectivity index (χ3v) is 3.61. The first-order valence-corrected chi connectivity index (χ1v) is 7.86. The second-order valence-electron chi connectivity index (χ2n) is 5.50. The van der Waals surface area contributed by atoms with Gasteiger partial charge >= 0.3 is 6.03 Å². The van der Waals surface area contributed by atoms with Gasteiger partial charge in [-0.15, -0.1) is 0 Å². The fraction of sp³-hybridized carbons (Fsp3) is 0.235. The Labute approximate surface area is 144 Å². The van der Waals surface area contributed by atoms with Gasteiger partial charge in [-0.1, -0.05) is 0 Å². The molecule has 25 heavy (non-hydrogen) atoms. The minimum Gasteiger partial charge on any atom is -0.467 e. The highest BCUT2D eigenvalue weighted by atomic mass is 16.3. The van der Waals surface area contributed by atoms with Crippen molar-refractivity contribution in [2.24, 2.45) is 0 Å². The van der Waals surface area contributed by atoms with E-state index < -0.39 is 12.1 Å². The number of hydrogen-bond acceptors (Lipinski definition) is 5. The van der Waals surface area contributed by atoms with Gasteiger partial charge in [0, 0.05) is 18.9 Å². The van der Waals surface area contributed by atoms with E-state index >= 15 is 0 Å². The number of carbonyl (C=O) groups excluding carboxylic acids is 1. The van der Waals surface area contributed by atoms with Crippen molar-refractivity contribution in [3.05, 3.63) is 60.3 Å². The lowest BCUT2D eigenvalue weighted by Crippen LogP contribution is -2.33. The van der Waals surface area contributed by atoms with Crippen molar-refractivity contribution in [2.75, 3.05) is 11.9 Å². The summed E-state index contributed by atoms with van der Waals surface area (Å²) in [6, 6.07) is 8.07. The molecular formula is C17H19N5O3. The van der Waals surface area contributed by atoms with Crippen molar-refractivity contribution in [3.8, 4) is 5.82 Å². The molecule has 3 heterocycles. The van der Waals surface area contributed by atoms with Gasteiger partial charge in [0.15, 0.2) is 5.82 Å². The van der Waals surface area contributed by atoms with Crippen LogP contribution in [0.2, 0.25) is 0 Å². The molecule has 8 nitrogen and oxygen atoms in total. The number of pyridine rings is 1. The SMILES string of the molecule is Cc1ccnc(-n2nccc2NC(=O)NC(CCO)c2ccco2)c1. The highest BCUT2D eigenvalue weighted by Crippen LogP contribution is 2.18. The highest BCUT2D eigenvalue weighted by molar-refractivity contribution is 5.88. The largest absolute Gasteiger partial charge is 0.467 e. The molecule has 0 saturated heterocycles. The minimum absolute atomic E-state index is 0.0726. The van der Waals surface area contributed by atoms with Crippen LogP contribution in [0.1, 0.15) is 23.8 Å². The van der Waals surface area contributed by atoms with Crippen LogP contribution in [0.15, 0.2) is 53.4 Å². The van der Waals surface area contributed by atoms with E-state index in [2.05, 4.69) is 20.7 Å². The summed E-state index contributed by atoms with van der Waals surface area (Å²) in [6.07, 6.45) is 5.14. The first-order valence-electron chi connectivity index (χ1n) is 7.86. The molecule has 0 saturated carbocycles. The topological polar surface area (TPSA) is 105 Å². The Hall–Kier alpha value is -3.13. The smallest absolute Gasteiger partial charge is 0.321 e. The molecule has 2 amide bonds. The summed E-state index contributed by atoms with van der Waals surface area (Å²) < 4.78 is 6.85. The number of urea groups is 1. The Kier molecular flexibility index (Phi) is 5.10. The Balaban J connectivity index is 1.72. The summed E-state index contributed by atoms with van der Waals surface area (Å²) in [7, 11) is 0. The van der Waals surface area contributed by atoms with E-state index in [0.717, 1.165) is 5.56 Å². The Morgan fingerprint density at radius 3 is 2.96 bits per heavy atom. The normalized spacial score (nSPS) is 11.9. The summed E-state index contributed by atoms with van der Waals surface area (Å²) in [4.78, 5) is 16.6. The van der Waals surface area contributed by atoms with Crippen LogP contribution in [-0.4, -0.2) is 32.5 Å². The number of rotatable bonds is 6. The Bertz CT molecular complexity index is 828. The van der Waals surface area contributed by atoms with Crippen LogP contribution in [0.5, 0.6) is 0 Å². The third-order valence-electron chi connectivity index (χ3n) is 3.61. The fourth-order valence-electron chi connectivity index (χ4n) is 2.43. The van der Waals surface area contributed by atoms with Gasteiger partial charge in [-0.25, -0.2) is 9.78 Å². The zero-order valence-electron chi connectivity index (χ0n) is 13.7. The quantitative estimate of drug-likeness (QED) is 0.638. The van der Waals surface area contributed by atoms with E-state index in [1.54, 1.807) is 35.3 Å². The van der Waals surface area contributed by atoms with Gasteiger partial charge in [0.2, 0.25) is 0 Å². The number of aryl methyl sites for hydroxylation is 1. The fourth-order valence-corrected chi connectivity index (χ4v) is 2.43. The van der Waals surface area contributed by atoms with Crippen LogP contribution < -0.4 is 10.6 Å². The molecule has 0 aromatic carbocycles. The number of hydrogen-bond donors (Lipinski definition) is 3. The molecule has 1 unspecified atom stereocenters. The average Bonchev–Trinajstić information content (AvgIpc) is 3.26. The predicted molar refractivity (Wildman–Crippen MR) is 91.4 cm³/mol. The van der Waals surface area contributed by atoms with Crippen LogP contribution in [-0.2, 0) is 0 Å². The van der Waals surface area contributed by atoms with E-state index in [4.69, 9.17) is 4.42 Å². The van der Waals surface area contributed by atoms with Crippen molar-refractivity contribution >= 4 is 11.8 Å². The number of aromatic nitrogens is 3. The molecule has 8 heteroatoms.